The molecular weight excluding hydrogens is 348 g/mol. The van der Waals surface area contributed by atoms with Gasteiger partial charge in [-0.15, -0.1) is 0 Å². The van der Waals surface area contributed by atoms with Crippen molar-refractivity contribution in [3.63, 3.8) is 0 Å². The predicted octanol–water partition coefficient (Wildman–Crippen LogP) is 3.66. The van der Waals surface area contributed by atoms with Gasteiger partial charge in [0, 0.05) is 47.8 Å². The van der Waals surface area contributed by atoms with Crippen molar-refractivity contribution >= 4 is 34.1 Å². The molecule has 0 unspecified atom stereocenters. The van der Waals surface area contributed by atoms with Gasteiger partial charge in [0.1, 0.15) is 11.8 Å². The monoisotopic (exact) mass is 364 g/mol. The van der Waals surface area contributed by atoms with Crippen LogP contribution in [0, 0.1) is 11.3 Å². The Morgan fingerprint density at radius 3 is 2.42 bits per heavy atom. The van der Waals surface area contributed by atoms with Gasteiger partial charge in [-0.25, -0.2) is 0 Å². The van der Waals surface area contributed by atoms with Crippen molar-refractivity contribution in [3.8, 4) is 6.07 Å². The number of aromatic amines is 1. The average Bonchev–Trinajstić information content (AvgIpc) is 3.07. The topological polar surface area (TPSA) is 63.1 Å². The van der Waals surface area contributed by atoms with Gasteiger partial charge in [-0.2, -0.15) is 5.26 Å². The molecule has 1 saturated heterocycles. The van der Waals surface area contributed by atoms with Crippen molar-refractivity contribution in [1.82, 2.24) is 9.88 Å². The number of carbonyl (C=O) groups is 1. The number of nitrogens with zero attached hydrogens (tertiary/aromatic N) is 3. The van der Waals surface area contributed by atoms with E-state index < -0.39 is 0 Å². The number of carbonyl (C=O) groups excluding carboxylic acids is 1. The molecule has 26 heavy (non-hydrogen) atoms. The van der Waals surface area contributed by atoms with Gasteiger partial charge in [-0.05, 0) is 30.3 Å². The summed E-state index contributed by atoms with van der Waals surface area (Å²) in [6.45, 7) is 2.72. The van der Waals surface area contributed by atoms with Crippen molar-refractivity contribution in [1.29, 1.82) is 5.26 Å². The SMILES string of the molecule is N#Cc1c(C(=O)N2CCN(c3ccc(Cl)cc3)CC2)[nH]c2ccccc12. The Kier molecular flexibility index (Phi) is 4.27. The van der Waals surface area contributed by atoms with Crippen molar-refractivity contribution in [2.45, 2.75) is 0 Å². The van der Waals surface area contributed by atoms with Crippen LogP contribution in [0.3, 0.4) is 0 Å². The van der Waals surface area contributed by atoms with E-state index >= 15 is 0 Å². The van der Waals surface area contributed by atoms with Crippen LogP contribution in [0.4, 0.5) is 5.69 Å². The van der Waals surface area contributed by atoms with Crippen LogP contribution >= 0.6 is 11.6 Å². The quantitative estimate of drug-likeness (QED) is 0.754. The van der Waals surface area contributed by atoms with Gasteiger partial charge in [0.25, 0.3) is 5.91 Å². The summed E-state index contributed by atoms with van der Waals surface area (Å²) < 4.78 is 0. The lowest BCUT2D eigenvalue weighted by molar-refractivity contribution is 0.0741. The lowest BCUT2D eigenvalue weighted by atomic mass is 10.1. The minimum Gasteiger partial charge on any atom is -0.368 e. The fraction of sp³-hybridized carbons (Fsp3) is 0.200. The number of para-hydroxylation sites is 1. The lowest BCUT2D eigenvalue weighted by Crippen LogP contribution is -2.49. The van der Waals surface area contributed by atoms with Crippen LogP contribution in [-0.4, -0.2) is 42.0 Å². The largest absolute Gasteiger partial charge is 0.368 e. The van der Waals surface area contributed by atoms with Crippen LogP contribution in [0.2, 0.25) is 5.02 Å². The van der Waals surface area contributed by atoms with Crippen molar-refractivity contribution in [3.05, 3.63) is 64.8 Å². The van der Waals surface area contributed by atoms with E-state index in [4.69, 9.17) is 11.6 Å². The molecular formula is C20H17ClN4O. The van der Waals surface area contributed by atoms with Gasteiger partial charge < -0.3 is 14.8 Å². The second-order valence-corrected chi connectivity index (χ2v) is 6.72. The summed E-state index contributed by atoms with van der Waals surface area (Å²) in [7, 11) is 0. The molecule has 6 heteroatoms. The van der Waals surface area contributed by atoms with E-state index in [9.17, 15) is 10.1 Å². The highest BCUT2D eigenvalue weighted by Gasteiger charge is 2.26. The first-order chi connectivity index (χ1) is 12.7. The Bertz CT molecular complexity index is 995. The molecule has 1 aliphatic heterocycles. The first-order valence-electron chi connectivity index (χ1n) is 8.48. The van der Waals surface area contributed by atoms with E-state index in [0.717, 1.165) is 29.7 Å². The number of nitriles is 1. The van der Waals surface area contributed by atoms with Gasteiger partial charge in [-0.3, -0.25) is 4.79 Å². The summed E-state index contributed by atoms with van der Waals surface area (Å²) >= 11 is 5.94. The molecule has 1 fully saturated rings. The molecule has 2 heterocycles. The standard InChI is InChI=1S/C20H17ClN4O/c21-14-5-7-15(8-6-14)24-9-11-25(12-10-24)20(26)19-17(13-22)16-3-1-2-4-18(16)23-19/h1-8,23H,9-12H2. The Labute approximate surface area is 156 Å². The lowest BCUT2D eigenvalue weighted by Gasteiger charge is -2.36. The van der Waals surface area contributed by atoms with Gasteiger partial charge in [0.15, 0.2) is 0 Å². The van der Waals surface area contributed by atoms with Gasteiger partial charge >= 0.3 is 0 Å². The minimum atomic E-state index is -0.117. The molecule has 0 atom stereocenters. The minimum absolute atomic E-state index is 0.117. The van der Waals surface area contributed by atoms with Crippen LogP contribution < -0.4 is 4.90 Å². The zero-order valence-electron chi connectivity index (χ0n) is 14.1. The second-order valence-electron chi connectivity index (χ2n) is 6.29. The number of nitrogens with one attached hydrogen (secondary N) is 1. The highest BCUT2D eigenvalue weighted by Crippen LogP contribution is 2.24. The van der Waals surface area contributed by atoms with Gasteiger partial charge in [0.05, 0.1) is 5.56 Å². The number of H-pyrrole nitrogens is 1. The number of amides is 1. The van der Waals surface area contributed by atoms with Crippen molar-refractivity contribution in [2.75, 3.05) is 31.1 Å². The number of rotatable bonds is 2. The van der Waals surface area contributed by atoms with E-state index in [1.807, 2.05) is 48.5 Å². The number of halogens is 1. The molecule has 5 nitrogen and oxygen atoms in total. The Morgan fingerprint density at radius 2 is 1.73 bits per heavy atom. The van der Waals surface area contributed by atoms with Crippen molar-refractivity contribution < 1.29 is 4.79 Å². The molecule has 0 aliphatic carbocycles. The Balaban J connectivity index is 1.52. The average molecular weight is 365 g/mol. The van der Waals surface area contributed by atoms with Crippen LogP contribution in [0.5, 0.6) is 0 Å². The van der Waals surface area contributed by atoms with Crippen LogP contribution in [0.15, 0.2) is 48.5 Å². The number of piperazine rings is 1. The maximum Gasteiger partial charge on any atom is 0.271 e. The third-order valence-electron chi connectivity index (χ3n) is 4.79. The third-order valence-corrected chi connectivity index (χ3v) is 5.04. The third kappa shape index (κ3) is 2.89. The molecule has 0 bridgehead atoms. The number of hydrogen-bond donors (Lipinski definition) is 1. The number of anilines is 1. The van der Waals surface area contributed by atoms with Crippen molar-refractivity contribution in [2.24, 2.45) is 0 Å². The molecule has 0 radical (unpaired) electrons. The number of aromatic nitrogens is 1. The fourth-order valence-corrected chi connectivity index (χ4v) is 3.52. The molecule has 1 amide bonds. The number of benzene rings is 2. The first-order valence-corrected chi connectivity index (χ1v) is 8.86. The zero-order chi connectivity index (χ0) is 18.1. The maximum absolute atomic E-state index is 12.9. The van der Waals surface area contributed by atoms with Crippen LogP contribution in [0.1, 0.15) is 16.1 Å². The summed E-state index contributed by atoms with van der Waals surface area (Å²) in [5.74, 6) is -0.117. The highest BCUT2D eigenvalue weighted by molar-refractivity contribution is 6.30. The highest BCUT2D eigenvalue weighted by atomic mass is 35.5. The Hall–Kier alpha value is -2.97. The number of fused-ring (bicyclic) bond motifs is 1. The summed E-state index contributed by atoms with van der Waals surface area (Å²) in [5.41, 5.74) is 2.72. The van der Waals surface area contributed by atoms with E-state index in [0.29, 0.717) is 29.4 Å². The van der Waals surface area contributed by atoms with Crippen LogP contribution in [-0.2, 0) is 0 Å². The van der Waals surface area contributed by atoms with E-state index in [-0.39, 0.29) is 5.91 Å². The first kappa shape index (κ1) is 16.5. The van der Waals surface area contributed by atoms with Crippen LogP contribution in [0.25, 0.3) is 10.9 Å². The molecule has 0 saturated carbocycles. The fourth-order valence-electron chi connectivity index (χ4n) is 3.40. The molecule has 1 N–H and O–H groups in total. The molecule has 1 aliphatic rings. The second kappa shape index (κ2) is 6.74. The molecule has 130 valence electrons. The molecule has 2 aromatic carbocycles. The van der Waals surface area contributed by atoms with Gasteiger partial charge in [-0.1, -0.05) is 29.8 Å². The van der Waals surface area contributed by atoms with E-state index in [2.05, 4.69) is 16.0 Å². The molecule has 3 aromatic rings. The molecule has 0 spiro atoms. The predicted molar refractivity (Wildman–Crippen MR) is 103 cm³/mol. The summed E-state index contributed by atoms with van der Waals surface area (Å²) in [5, 5.41) is 11.0. The summed E-state index contributed by atoms with van der Waals surface area (Å²) in [6.07, 6.45) is 0. The molecule has 4 rings (SSSR count). The smallest absolute Gasteiger partial charge is 0.271 e. The van der Waals surface area contributed by atoms with Gasteiger partial charge in [0.2, 0.25) is 0 Å². The normalized spacial score (nSPS) is 14.5. The summed E-state index contributed by atoms with van der Waals surface area (Å²) in [6, 6.07) is 17.4. The van der Waals surface area contributed by atoms with E-state index in [1.165, 1.54) is 0 Å². The van der Waals surface area contributed by atoms with E-state index in [1.54, 1.807) is 4.90 Å². The molecule has 1 aromatic heterocycles. The Morgan fingerprint density at radius 1 is 1.04 bits per heavy atom. The summed E-state index contributed by atoms with van der Waals surface area (Å²) in [4.78, 5) is 20.1. The zero-order valence-corrected chi connectivity index (χ0v) is 14.8. The maximum atomic E-state index is 12.9. The number of hydrogen-bond acceptors (Lipinski definition) is 3.